The van der Waals surface area contributed by atoms with E-state index in [4.69, 9.17) is 0 Å². The first-order chi connectivity index (χ1) is 9.58. The molecule has 0 fully saturated rings. The summed E-state index contributed by atoms with van der Waals surface area (Å²) < 4.78 is 13.9. The minimum atomic E-state index is -0.126. The lowest BCUT2D eigenvalue weighted by Gasteiger charge is -2.25. The van der Waals surface area contributed by atoms with Crippen molar-refractivity contribution in [3.8, 4) is 0 Å². The van der Waals surface area contributed by atoms with E-state index in [0.29, 0.717) is 12.6 Å². The largest absolute Gasteiger partial charge is 0.313 e. The van der Waals surface area contributed by atoms with E-state index >= 15 is 0 Å². The van der Waals surface area contributed by atoms with E-state index < -0.39 is 0 Å². The van der Waals surface area contributed by atoms with Gasteiger partial charge in [-0.3, -0.25) is 4.90 Å². The summed E-state index contributed by atoms with van der Waals surface area (Å²) in [6.45, 7) is 13.3. The molecule has 1 aromatic carbocycles. The van der Waals surface area contributed by atoms with Crippen LogP contribution in [-0.2, 0) is 13.1 Å². The Morgan fingerprint density at radius 1 is 1.40 bits per heavy atom. The zero-order valence-electron chi connectivity index (χ0n) is 13.0. The molecule has 0 unspecified atom stereocenters. The third-order valence-corrected chi connectivity index (χ3v) is 3.33. The highest BCUT2D eigenvalue weighted by molar-refractivity contribution is 5.25. The highest BCUT2D eigenvalue weighted by Gasteiger charge is 2.12. The molecule has 0 atom stereocenters. The summed E-state index contributed by atoms with van der Waals surface area (Å²) in [7, 11) is 0. The van der Waals surface area contributed by atoms with Crippen molar-refractivity contribution < 1.29 is 4.39 Å². The van der Waals surface area contributed by atoms with Crippen LogP contribution in [0.1, 0.15) is 38.3 Å². The molecule has 0 heterocycles. The molecule has 20 heavy (non-hydrogen) atoms. The average molecular weight is 278 g/mol. The van der Waals surface area contributed by atoms with Crippen LogP contribution in [0.25, 0.3) is 0 Å². The van der Waals surface area contributed by atoms with Crippen LogP contribution in [0, 0.1) is 5.82 Å². The van der Waals surface area contributed by atoms with Gasteiger partial charge in [0.25, 0.3) is 0 Å². The quantitative estimate of drug-likeness (QED) is 0.547. The van der Waals surface area contributed by atoms with Crippen molar-refractivity contribution in [3.05, 3.63) is 47.8 Å². The lowest BCUT2D eigenvalue weighted by Crippen LogP contribution is -2.30. The van der Waals surface area contributed by atoms with Crippen LogP contribution in [0.4, 0.5) is 4.39 Å². The van der Waals surface area contributed by atoms with E-state index in [-0.39, 0.29) is 5.82 Å². The van der Waals surface area contributed by atoms with E-state index in [2.05, 4.69) is 37.6 Å². The summed E-state index contributed by atoms with van der Waals surface area (Å²) in [6.07, 6.45) is 2.97. The Labute approximate surface area is 122 Å². The van der Waals surface area contributed by atoms with E-state index in [0.717, 1.165) is 37.2 Å². The maximum atomic E-state index is 13.9. The Kier molecular flexibility index (Phi) is 7.48. The molecule has 0 aliphatic heterocycles. The van der Waals surface area contributed by atoms with Crippen molar-refractivity contribution in [2.24, 2.45) is 0 Å². The Hall–Kier alpha value is -1.19. The molecule has 0 saturated carbocycles. The fourth-order valence-electron chi connectivity index (χ4n) is 2.11. The second kappa shape index (κ2) is 8.88. The van der Waals surface area contributed by atoms with Crippen molar-refractivity contribution in [3.63, 3.8) is 0 Å². The summed E-state index contributed by atoms with van der Waals surface area (Å²) in [6, 6.07) is 5.77. The molecule has 1 rings (SSSR count). The molecular formula is C17H27FN2. The molecule has 112 valence electrons. The molecule has 0 saturated heterocycles. The van der Waals surface area contributed by atoms with Gasteiger partial charge in [-0.1, -0.05) is 25.1 Å². The molecular weight excluding hydrogens is 251 g/mol. The first-order valence-corrected chi connectivity index (χ1v) is 7.41. The molecule has 0 aliphatic rings. The Bertz CT molecular complexity index is 415. The summed E-state index contributed by atoms with van der Waals surface area (Å²) in [5.74, 6) is -0.126. The standard InChI is InChI=1S/C17H27FN2/c1-5-9-19-12-15-7-8-17(18)16(11-15)13-20(10-6-2)14(3)4/h6-8,11,14,19H,2,5,9-10,12-13H2,1,3-4H3. The zero-order valence-corrected chi connectivity index (χ0v) is 13.0. The maximum Gasteiger partial charge on any atom is 0.127 e. The first kappa shape index (κ1) is 16.9. The van der Waals surface area contributed by atoms with E-state index in [1.54, 1.807) is 6.07 Å². The van der Waals surface area contributed by atoms with Crippen LogP contribution in [0.3, 0.4) is 0 Å². The number of halogens is 1. The molecule has 0 aliphatic carbocycles. The average Bonchev–Trinajstić information content (AvgIpc) is 2.41. The van der Waals surface area contributed by atoms with Gasteiger partial charge in [0.2, 0.25) is 0 Å². The van der Waals surface area contributed by atoms with Gasteiger partial charge in [0.05, 0.1) is 0 Å². The van der Waals surface area contributed by atoms with Crippen molar-refractivity contribution in [1.29, 1.82) is 0 Å². The van der Waals surface area contributed by atoms with Gasteiger partial charge in [-0.15, -0.1) is 6.58 Å². The second-order valence-corrected chi connectivity index (χ2v) is 5.41. The predicted molar refractivity (Wildman–Crippen MR) is 84.1 cm³/mol. The van der Waals surface area contributed by atoms with Crippen LogP contribution >= 0.6 is 0 Å². The van der Waals surface area contributed by atoms with Gasteiger partial charge in [0, 0.05) is 31.2 Å². The number of benzene rings is 1. The van der Waals surface area contributed by atoms with Crippen molar-refractivity contribution in [1.82, 2.24) is 10.2 Å². The SMILES string of the molecule is C=CCN(Cc1cc(CNCCC)ccc1F)C(C)C. The van der Waals surface area contributed by atoms with Crippen LogP contribution in [0.15, 0.2) is 30.9 Å². The molecule has 0 radical (unpaired) electrons. The van der Waals surface area contributed by atoms with Crippen LogP contribution < -0.4 is 5.32 Å². The molecule has 1 aromatic rings. The Balaban J connectivity index is 2.76. The van der Waals surface area contributed by atoms with Gasteiger partial charge in [0.1, 0.15) is 5.82 Å². The summed E-state index contributed by atoms with van der Waals surface area (Å²) in [5.41, 5.74) is 1.90. The molecule has 0 bridgehead atoms. The minimum absolute atomic E-state index is 0.126. The molecule has 0 amide bonds. The molecule has 0 spiro atoms. The maximum absolute atomic E-state index is 13.9. The third-order valence-electron chi connectivity index (χ3n) is 3.33. The number of hydrogen-bond donors (Lipinski definition) is 1. The summed E-state index contributed by atoms with van der Waals surface area (Å²) >= 11 is 0. The van der Waals surface area contributed by atoms with Gasteiger partial charge < -0.3 is 5.32 Å². The van der Waals surface area contributed by atoms with Crippen LogP contribution in [-0.4, -0.2) is 24.0 Å². The predicted octanol–water partition coefficient (Wildman–Crippen LogP) is 3.72. The van der Waals surface area contributed by atoms with Gasteiger partial charge in [0.15, 0.2) is 0 Å². The zero-order chi connectivity index (χ0) is 15.0. The van der Waals surface area contributed by atoms with E-state index in [9.17, 15) is 4.39 Å². The molecule has 0 aromatic heterocycles. The first-order valence-electron chi connectivity index (χ1n) is 7.41. The Morgan fingerprint density at radius 2 is 2.15 bits per heavy atom. The van der Waals surface area contributed by atoms with Crippen molar-refractivity contribution in [2.75, 3.05) is 13.1 Å². The molecule has 3 heteroatoms. The van der Waals surface area contributed by atoms with E-state index in [1.165, 1.54) is 0 Å². The second-order valence-electron chi connectivity index (χ2n) is 5.41. The van der Waals surface area contributed by atoms with Crippen LogP contribution in [0.2, 0.25) is 0 Å². The van der Waals surface area contributed by atoms with E-state index in [1.807, 2.05) is 18.2 Å². The number of nitrogens with zero attached hydrogens (tertiary/aromatic N) is 1. The van der Waals surface area contributed by atoms with Crippen molar-refractivity contribution in [2.45, 2.75) is 46.3 Å². The smallest absolute Gasteiger partial charge is 0.127 e. The highest BCUT2D eigenvalue weighted by atomic mass is 19.1. The monoisotopic (exact) mass is 278 g/mol. The fourth-order valence-corrected chi connectivity index (χ4v) is 2.11. The third kappa shape index (κ3) is 5.43. The summed E-state index contributed by atoms with van der Waals surface area (Å²) in [4.78, 5) is 2.20. The Morgan fingerprint density at radius 3 is 2.75 bits per heavy atom. The molecule has 1 N–H and O–H groups in total. The topological polar surface area (TPSA) is 15.3 Å². The van der Waals surface area contributed by atoms with Crippen molar-refractivity contribution >= 4 is 0 Å². The molecule has 2 nitrogen and oxygen atoms in total. The fraction of sp³-hybridized carbons (Fsp3) is 0.529. The summed E-state index contributed by atoms with van der Waals surface area (Å²) in [5, 5.41) is 3.35. The number of nitrogens with one attached hydrogen (secondary N) is 1. The highest BCUT2D eigenvalue weighted by Crippen LogP contribution is 2.15. The van der Waals surface area contributed by atoms with Gasteiger partial charge in [-0.05, 0) is 38.4 Å². The number of rotatable bonds is 9. The lowest BCUT2D eigenvalue weighted by atomic mass is 10.1. The number of hydrogen-bond acceptors (Lipinski definition) is 2. The lowest BCUT2D eigenvalue weighted by molar-refractivity contribution is 0.234. The van der Waals surface area contributed by atoms with Gasteiger partial charge >= 0.3 is 0 Å². The van der Waals surface area contributed by atoms with Crippen LogP contribution in [0.5, 0.6) is 0 Å². The van der Waals surface area contributed by atoms with Gasteiger partial charge in [-0.25, -0.2) is 4.39 Å². The van der Waals surface area contributed by atoms with Gasteiger partial charge in [-0.2, -0.15) is 0 Å². The minimum Gasteiger partial charge on any atom is -0.313 e. The normalized spacial score (nSPS) is 11.3.